The monoisotopic (exact) mass is 288 g/mol. The second-order valence-electron chi connectivity index (χ2n) is 4.91. The molecule has 21 heavy (non-hydrogen) atoms. The molecule has 0 aliphatic rings. The highest BCUT2D eigenvalue weighted by Gasteiger charge is 2.12. The van der Waals surface area contributed by atoms with E-state index in [0.717, 1.165) is 17.8 Å². The topological polar surface area (TPSA) is 90.9 Å². The minimum Gasteiger partial charge on any atom is -0.396 e. The lowest BCUT2D eigenvalue weighted by atomic mass is 10.1. The van der Waals surface area contributed by atoms with Gasteiger partial charge in [0.25, 0.3) is 5.91 Å². The largest absolute Gasteiger partial charge is 0.396 e. The highest BCUT2D eigenvalue weighted by molar-refractivity contribution is 5.94. The maximum Gasteiger partial charge on any atom is 0.251 e. The van der Waals surface area contributed by atoms with Crippen LogP contribution in [0, 0.1) is 6.92 Å². The quantitative estimate of drug-likeness (QED) is 0.754. The fourth-order valence-electron chi connectivity index (χ4n) is 2.05. The SMILES string of the molecule is CCC(CCO)NC(=O)c1ccc(-c2n[nH]c(C)n2)cc1. The minimum absolute atomic E-state index is 0.00201. The van der Waals surface area contributed by atoms with E-state index in [1.807, 2.05) is 26.0 Å². The molecule has 0 saturated heterocycles. The van der Waals surface area contributed by atoms with Crippen LogP contribution in [0.4, 0.5) is 0 Å². The number of aliphatic hydroxyl groups is 1. The van der Waals surface area contributed by atoms with E-state index in [1.54, 1.807) is 12.1 Å². The fraction of sp³-hybridized carbons (Fsp3) is 0.400. The number of nitrogens with zero attached hydrogens (tertiary/aromatic N) is 2. The van der Waals surface area contributed by atoms with Crippen LogP contribution in [-0.2, 0) is 0 Å². The van der Waals surface area contributed by atoms with Gasteiger partial charge in [0.05, 0.1) is 0 Å². The molecular weight excluding hydrogens is 268 g/mol. The first-order valence-corrected chi connectivity index (χ1v) is 7.05. The fourth-order valence-corrected chi connectivity index (χ4v) is 2.05. The van der Waals surface area contributed by atoms with Gasteiger partial charge in [0.15, 0.2) is 5.82 Å². The Morgan fingerprint density at radius 3 is 2.62 bits per heavy atom. The van der Waals surface area contributed by atoms with Crippen LogP contribution in [-0.4, -0.2) is 38.8 Å². The minimum atomic E-state index is -0.131. The van der Waals surface area contributed by atoms with Crippen molar-refractivity contribution < 1.29 is 9.90 Å². The smallest absolute Gasteiger partial charge is 0.251 e. The highest BCUT2D eigenvalue weighted by atomic mass is 16.3. The molecular formula is C15H20N4O2. The third kappa shape index (κ3) is 3.88. The average molecular weight is 288 g/mol. The third-order valence-electron chi connectivity index (χ3n) is 3.31. The first-order chi connectivity index (χ1) is 10.1. The Labute approximate surface area is 123 Å². The standard InChI is InChI=1S/C15H20N4O2/c1-3-13(8-9-20)17-15(21)12-6-4-11(5-7-12)14-16-10(2)18-19-14/h4-7,13,20H,3,8-9H2,1-2H3,(H,17,21)(H,16,18,19). The summed E-state index contributed by atoms with van der Waals surface area (Å²) in [5.74, 6) is 1.24. The summed E-state index contributed by atoms with van der Waals surface area (Å²) in [5, 5.41) is 18.7. The zero-order valence-electron chi connectivity index (χ0n) is 12.3. The van der Waals surface area contributed by atoms with Crippen molar-refractivity contribution in [2.24, 2.45) is 0 Å². The predicted octanol–water partition coefficient (Wildman–Crippen LogP) is 1.67. The number of benzene rings is 1. The summed E-state index contributed by atoms with van der Waals surface area (Å²) in [6, 6.07) is 7.15. The molecule has 6 heteroatoms. The van der Waals surface area contributed by atoms with Crippen molar-refractivity contribution in [1.29, 1.82) is 0 Å². The van der Waals surface area contributed by atoms with Crippen LogP contribution in [0.15, 0.2) is 24.3 Å². The van der Waals surface area contributed by atoms with Gasteiger partial charge in [-0.15, -0.1) is 0 Å². The Hall–Kier alpha value is -2.21. The van der Waals surface area contributed by atoms with Crippen molar-refractivity contribution in [2.75, 3.05) is 6.61 Å². The summed E-state index contributed by atoms with van der Waals surface area (Å²) >= 11 is 0. The van der Waals surface area contributed by atoms with Crippen LogP contribution in [0.25, 0.3) is 11.4 Å². The van der Waals surface area contributed by atoms with Crippen LogP contribution < -0.4 is 5.32 Å². The van der Waals surface area contributed by atoms with Crippen molar-refractivity contribution >= 4 is 5.91 Å². The Bertz CT molecular complexity index is 592. The normalized spacial score (nSPS) is 12.1. The molecule has 0 aliphatic carbocycles. The molecule has 3 N–H and O–H groups in total. The number of amides is 1. The lowest BCUT2D eigenvalue weighted by Gasteiger charge is -2.15. The average Bonchev–Trinajstić information content (AvgIpc) is 2.93. The molecule has 2 rings (SSSR count). The van der Waals surface area contributed by atoms with Gasteiger partial charge in [-0.2, -0.15) is 5.10 Å². The number of carbonyl (C=O) groups is 1. The summed E-state index contributed by atoms with van der Waals surface area (Å²) in [7, 11) is 0. The number of aromatic amines is 1. The first kappa shape index (κ1) is 15.2. The Morgan fingerprint density at radius 2 is 2.10 bits per heavy atom. The van der Waals surface area contributed by atoms with Crippen LogP contribution in [0.2, 0.25) is 0 Å². The van der Waals surface area contributed by atoms with E-state index in [9.17, 15) is 4.79 Å². The summed E-state index contributed by atoms with van der Waals surface area (Å²) < 4.78 is 0. The molecule has 1 aromatic heterocycles. The van der Waals surface area contributed by atoms with Crippen LogP contribution in [0.5, 0.6) is 0 Å². The van der Waals surface area contributed by atoms with E-state index in [2.05, 4.69) is 20.5 Å². The van der Waals surface area contributed by atoms with Gasteiger partial charge in [-0.25, -0.2) is 4.98 Å². The molecule has 0 spiro atoms. The maximum atomic E-state index is 12.1. The van der Waals surface area contributed by atoms with E-state index >= 15 is 0 Å². The maximum absolute atomic E-state index is 12.1. The van der Waals surface area contributed by atoms with E-state index in [-0.39, 0.29) is 18.6 Å². The molecule has 1 unspecified atom stereocenters. The molecule has 112 valence electrons. The Morgan fingerprint density at radius 1 is 1.38 bits per heavy atom. The third-order valence-corrected chi connectivity index (χ3v) is 3.31. The molecule has 1 atom stereocenters. The summed E-state index contributed by atoms with van der Waals surface area (Å²) in [6.07, 6.45) is 1.36. The second-order valence-corrected chi connectivity index (χ2v) is 4.91. The van der Waals surface area contributed by atoms with Gasteiger partial charge >= 0.3 is 0 Å². The molecule has 0 saturated carbocycles. The van der Waals surface area contributed by atoms with E-state index in [0.29, 0.717) is 17.8 Å². The Kier molecular flexibility index (Phi) is 5.05. The van der Waals surface area contributed by atoms with E-state index < -0.39 is 0 Å². The highest BCUT2D eigenvalue weighted by Crippen LogP contribution is 2.15. The molecule has 2 aromatic rings. The number of rotatable bonds is 6. The number of H-pyrrole nitrogens is 1. The Balaban J connectivity index is 2.06. The van der Waals surface area contributed by atoms with Crippen molar-refractivity contribution in [2.45, 2.75) is 32.7 Å². The number of aryl methyl sites for hydroxylation is 1. The van der Waals surface area contributed by atoms with Crippen molar-refractivity contribution in [3.05, 3.63) is 35.7 Å². The zero-order chi connectivity index (χ0) is 15.2. The molecule has 0 radical (unpaired) electrons. The number of carbonyl (C=O) groups excluding carboxylic acids is 1. The number of nitrogens with one attached hydrogen (secondary N) is 2. The van der Waals surface area contributed by atoms with Crippen molar-refractivity contribution in [3.8, 4) is 11.4 Å². The van der Waals surface area contributed by atoms with Gasteiger partial charge in [-0.1, -0.05) is 19.1 Å². The van der Waals surface area contributed by atoms with Gasteiger partial charge in [0, 0.05) is 23.8 Å². The molecule has 6 nitrogen and oxygen atoms in total. The first-order valence-electron chi connectivity index (χ1n) is 7.05. The lowest BCUT2D eigenvalue weighted by molar-refractivity contribution is 0.0929. The van der Waals surface area contributed by atoms with E-state index in [1.165, 1.54) is 0 Å². The predicted molar refractivity (Wildman–Crippen MR) is 79.8 cm³/mol. The van der Waals surface area contributed by atoms with Gasteiger partial charge in [-0.05, 0) is 31.9 Å². The zero-order valence-corrected chi connectivity index (χ0v) is 12.3. The van der Waals surface area contributed by atoms with Crippen LogP contribution in [0.3, 0.4) is 0 Å². The molecule has 1 heterocycles. The van der Waals surface area contributed by atoms with Crippen molar-refractivity contribution in [1.82, 2.24) is 20.5 Å². The number of hydrogen-bond donors (Lipinski definition) is 3. The molecule has 0 aliphatic heterocycles. The summed E-state index contributed by atoms with van der Waals surface area (Å²) in [5.41, 5.74) is 1.45. The van der Waals surface area contributed by atoms with Crippen LogP contribution >= 0.6 is 0 Å². The molecule has 1 aromatic carbocycles. The van der Waals surface area contributed by atoms with Gasteiger partial charge in [0.1, 0.15) is 5.82 Å². The molecule has 0 bridgehead atoms. The molecule has 0 fully saturated rings. The van der Waals surface area contributed by atoms with E-state index in [4.69, 9.17) is 5.11 Å². The number of hydrogen-bond acceptors (Lipinski definition) is 4. The van der Waals surface area contributed by atoms with Gasteiger partial charge in [0.2, 0.25) is 0 Å². The van der Waals surface area contributed by atoms with Gasteiger partial charge < -0.3 is 10.4 Å². The number of aliphatic hydroxyl groups excluding tert-OH is 1. The summed E-state index contributed by atoms with van der Waals surface area (Å²) in [6.45, 7) is 3.89. The van der Waals surface area contributed by atoms with Gasteiger partial charge in [-0.3, -0.25) is 9.89 Å². The van der Waals surface area contributed by atoms with Crippen LogP contribution in [0.1, 0.15) is 35.9 Å². The summed E-state index contributed by atoms with van der Waals surface area (Å²) in [4.78, 5) is 16.4. The molecule has 1 amide bonds. The lowest BCUT2D eigenvalue weighted by Crippen LogP contribution is -2.35. The second kappa shape index (κ2) is 6.99. The number of aromatic nitrogens is 3. The van der Waals surface area contributed by atoms with Crippen molar-refractivity contribution in [3.63, 3.8) is 0 Å².